The molecule has 1 aliphatic rings. The van der Waals surface area contributed by atoms with Crippen molar-refractivity contribution in [3.8, 4) is 0 Å². The molecule has 0 saturated carbocycles. The summed E-state index contributed by atoms with van der Waals surface area (Å²) in [5.74, 6) is 0.447. The highest BCUT2D eigenvalue weighted by molar-refractivity contribution is 5.85. The first-order valence-electron chi connectivity index (χ1n) is 7.90. The Balaban J connectivity index is 1.80. The van der Waals surface area contributed by atoms with Gasteiger partial charge in [-0.1, -0.05) is 24.3 Å². The largest absolute Gasteiger partial charge is 0.317 e. The number of rotatable bonds is 7. The normalized spacial score (nSPS) is 15.7. The fourth-order valence-corrected chi connectivity index (χ4v) is 2.87. The second-order valence-corrected chi connectivity index (χ2v) is 5.94. The quantitative estimate of drug-likeness (QED) is 0.744. The first-order valence-corrected chi connectivity index (χ1v) is 7.90. The van der Waals surface area contributed by atoms with Gasteiger partial charge >= 0.3 is 0 Å². The van der Waals surface area contributed by atoms with Crippen LogP contribution in [0.25, 0.3) is 0 Å². The monoisotopic (exact) mass is 303 g/mol. The van der Waals surface area contributed by atoms with Gasteiger partial charge in [0.25, 0.3) is 0 Å². The third-order valence-electron chi connectivity index (χ3n) is 4.18. The van der Waals surface area contributed by atoms with E-state index in [0.717, 1.165) is 19.6 Å². The Bertz CT molecular complexity index is 481. The van der Waals surface area contributed by atoms with Crippen molar-refractivity contribution in [2.45, 2.75) is 31.7 Å². The fourth-order valence-electron chi connectivity index (χ4n) is 2.87. The Morgan fingerprint density at radius 2 is 2.00 bits per heavy atom. The summed E-state index contributed by atoms with van der Waals surface area (Å²) in [6.45, 7) is 3.66. The fraction of sp³-hybridized carbons (Fsp3) is 0.529. The number of nitrogens with zero attached hydrogens (tertiary/aromatic N) is 1. The average Bonchev–Trinajstić information content (AvgIpc) is 2.55. The summed E-state index contributed by atoms with van der Waals surface area (Å²) < 4.78 is 0. The molecule has 0 radical (unpaired) electrons. The van der Waals surface area contributed by atoms with Gasteiger partial charge in [0, 0.05) is 19.5 Å². The molecule has 1 fully saturated rings. The zero-order chi connectivity index (χ0) is 15.8. The molecule has 5 nitrogen and oxygen atoms in total. The van der Waals surface area contributed by atoms with Gasteiger partial charge in [0.05, 0.1) is 0 Å². The van der Waals surface area contributed by atoms with Gasteiger partial charge in [0.1, 0.15) is 0 Å². The molecule has 5 heteroatoms. The number of benzene rings is 1. The van der Waals surface area contributed by atoms with Crippen molar-refractivity contribution in [1.29, 1.82) is 0 Å². The molecule has 0 aliphatic carbocycles. The summed E-state index contributed by atoms with van der Waals surface area (Å²) in [7, 11) is 1.98. The van der Waals surface area contributed by atoms with Crippen molar-refractivity contribution in [2.75, 3.05) is 26.7 Å². The zero-order valence-electron chi connectivity index (χ0n) is 13.2. The molecule has 1 heterocycles. The summed E-state index contributed by atoms with van der Waals surface area (Å²) in [6.07, 6.45) is 3.19. The van der Waals surface area contributed by atoms with E-state index in [2.05, 4.69) is 39.8 Å². The van der Waals surface area contributed by atoms with Crippen LogP contribution in [0, 0.1) is 0 Å². The average molecular weight is 303 g/mol. The van der Waals surface area contributed by atoms with Gasteiger partial charge in [-0.25, -0.2) is 0 Å². The van der Waals surface area contributed by atoms with E-state index in [1.54, 1.807) is 0 Å². The van der Waals surface area contributed by atoms with Crippen LogP contribution in [-0.4, -0.2) is 43.9 Å². The maximum atomic E-state index is 11.2. The molecule has 120 valence electrons. The number of nitrogens with one attached hydrogen (secondary N) is 2. The van der Waals surface area contributed by atoms with Crippen LogP contribution in [0.4, 0.5) is 0 Å². The molecule has 2 rings (SSSR count). The third kappa shape index (κ3) is 5.24. The molecule has 1 aliphatic heterocycles. The maximum absolute atomic E-state index is 11.2. The van der Waals surface area contributed by atoms with Gasteiger partial charge in [-0.3, -0.25) is 14.9 Å². The third-order valence-corrected chi connectivity index (χ3v) is 4.18. The predicted octanol–water partition coefficient (Wildman–Crippen LogP) is 1.25. The van der Waals surface area contributed by atoms with Crippen LogP contribution in [0.2, 0.25) is 0 Å². The molecule has 1 saturated heterocycles. The topological polar surface area (TPSA) is 61.4 Å². The van der Waals surface area contributed by atoms with Crippen molar-refractivity contribution in [2.24, 2.45) is 0 Å². The maximum Gasteiger partial charge on any atom is 0.227 e. The molecule has 2 N–H and O–H groups in total. The van der Waals surface area contributed by atoms with Crippen LogP contribution in [0.3, 0.4) is 0 Å². The highest BCUT2D eigenvalue weighted by Gasteiger charge is 2.14. The molecule has 1 aromatic rings. The molecule has 2 amide bonds. The van der Waals surface area contributed by atoms with E-state index in [-0.39, 0.29) is 5.91 Å². The Hall–Kier alpha value is -1.72. The summed E-state index contributed by atoms with van der Waals surface area (Å²) in [5.41, 5.74) is 2.68. The lowest BCUT2D eigenvalue weighted by Gasteiger charge is -2.23. The Morgan fingerprint density at radius 1 is 1.32 bits per heavy atom. The number of imide groups is 1. The first kappa shape index (κ1) is 16.6. The van der Waals surface area contributed by atoms with Crippen molar-refractivity contribution in [3.63, 3.8) is 0 Å². The molecule has 22 heavy (non-hydrogen) atoms. The van der Waals surface area contributed by atoms with E-state index in [0.29, 0.717) is 25.3 Å². The summed E-state index contributed by atoms with van der Waals surface area (Å²) in [6, 6.07) is 8.83. The lowest BCUT2D eigenvalue weighted by molar-refractivity contribution is -0.125. The highest BCUT2D eigenvalue weighted by Crippen LogP contribution is 2.25. The van der Waals surface area contributed by atoms with Crippen LogP contribution in [0.15, 0.2) is 24.3 Å². The molecule has 0 unspecified atom stereocenters. The lowest BCUT2D eigenvalue weighted by Crippen LogP contribution is -2.27. The van der Waals surface area contributed by atoms with Crippen molar-refractivity contribution in [3.05, 3.63) is 35.4 Å². The Kier molecular flexibility index (Phi) is 6.55. The van der Waals surface area contributed by atoms with Gasteiger partial charge in [-0.05, 0) is 50.0 Å². The van der Waals surface area contributed by atoms with Crippen LogP contribution < -0.4 is 10.6 Å². The molecule has 1 aromatic carbocycles. The van der Waals surface area contributed by atoms with E-state index in [1.807, 2.05) is 7.05 Å². The van der Waals surface area contributed by atoms with Crippen molar-refractivity contribution in [1.82, 2.24) is 15.5 Å². The minimum Gasteiger partial charge on any atom is -0.317 e. The number of hydrogen-bond donors (Lipinski definition) is 2. The van der Waals surface area contributed by atoms with E-state index in [1.165, 1.54) is 24.0 Å². The number of carbonyl (C=O) groups is 2. The van der Waals surface area contributed by atoms with Gasteiger partial charge in [-0.15, -0.1) is 0 Å². The van der Waals surface area contributed by atoms with E-state index in [9.17, 15) is 9.59 Å². The number of amides is 2. The zero-order valence-corrected chi connectivity index (χ0v) is 13.2. The number of piperidine rings is 1. The van der Waals surface area contributed by atoms with Crippen LogP contribution in [0.1, 0.15) is 36.3 Å². The molecule has 0 bridgehead atoms. The molecular formula is C17H25N3O2. The van der Waals surface area contributed by atoms with E-state index >= 15 is 0 Å². The smallest absolute Gasteiger partial charge is 0.227 e. The molecule has 0 aromatic heterocycles. The Morgan fingerprint density at radius 3 is 2.64 bits per heavy atom. The second kappa shape index (κ2) is 8.66. The second-order valence-electron chi connectivity index (χ2n) is 5.94. The van der Waals surface area contributed by atoms with Crippen LogP contribution >= 0.6 is 0 Å². The SMILES string of the molecule is CN(CCC(=O)NC=O)Cc1ccc(C2CCNCC2)cc1. The van der Waals surface area contributed by atoms with E-state index in [4.69, 9.17) is 0 Å². The van der Waals surface area contributed by atoms with Gasteiger partial charge < -0.3 is 10.2 Å². The summed E-state index contributed by atoms with van der Waals surface area (Å²) >= 11 is 0. The first-order chi connectivity index (χ1) is 10.7. The van der Waals surface area contributed by atoms with Crippen molar-refractivity contribution < 1.29 is 9.59 Å². The summed E-state index contributed by atoms with van der Waals surface area (Å²) in [4.78, 5) is 23.5. The van der Waals surface area contributed by atoms with Crippen LogP contribution in [-0.2, 0) is 16.1 Å². The van der Waals surface area contributed by atoms with Crippen molar-refractivity contribution >= 4 is 12.3 Å². The number of carbonyl (C=O) groups excluding carboxylic acids is 2. The Labute approximate surface area is 132 Å². The van der Waals surface area contributed by atoms with E-state index < -0.39 is 0 Å². The van der Waals surface area contributed by atoms with Crippen LogP contribution in [0.5, 0.6) is 0 Å². The highest BCUT2D eigenvalue weighted by atomic mass is 16.2. The molecule has 0 spiro atoms. The minimum atomic E-state index is -0.233. The standard InChI is InChI=1S/C17H25N3O2/c1-20(11-8-17(22)19-13-21)12-14-2-4-15(5-3-14)16-6-9-18-10-7-16/h2-5,13,16,18H,6-12H2,1H3,(H,19,21,22). The molecule has 0 atom stereocenters. The minimum absolute atomic E-state index is 0.233. The van der Waals surface area contributed by atoms with Gasteiger partial charge in [-0.2, -0.15) is 0 Å². The predicted molar refractivity (Wildman–Crippen MR) is 86.4 cm³/mol. The van der Waals surface area contributed by atoms with Gasteiger partial charge in [0.15, 0.2) is 0 Å². The number of hydrogen-bond acceptors (Lipinski definition) is 4. The van der Waals surface area contributed by atoms with Gasteiger partial charge in [0.2, 0.25) is 12.3 Å². The molecular weight excluding hydrogens is 278 g/mol. The lowest BCUT2D eigenvalue weighted by atomic mass is 9.90. The summed E-state index contributed by atoms with van der Waals surface area (Å²) in [5, 5.41) is 5.55.